The third kappa shape index (κ3) is 5.38. The molecule has 1 unspecified atom stereocenters. The fourth-order valence-corrected chi connectivity index (χ4v) is 6.28. The highest BCUT2D eigenvalue weighted by Gasteiger charge is 2.31. The lowest BCUT2D eigenvalue weighted by atomic mass is 9.93. The third-order valence-corrected chi connectivity index (χ3v) is 8.69. The number of rotatable bonds is 7. The van der Waals surface area contributed by atoms with E-state index in [0.717, 1.165) is 5.56 Å². The lowest BCUT2D eigenvalue weighted by Crippen LogP contribution is -2.39. The lowest BCUT2D eigenvalue weighted by Gasteiger charge is -2.29. The number of fused-ring (bicyclic) bond motifs is 1. The van der Waals surface area contributed by atoms with Crippen LogP contribution in [0.25, 0.3) is 11.0 Å². The summed E-state index contributed by atoms with van der Waals surface area (Å²) in [5, 5.41) is 3.88. The molecule has 2 saturated heterocycles. The van der Waals surface area contributed by atoms with Crippen LogP contribution < -0.4 is 10.1 Å². The Morgan fingerprint density at radius 1 is 1.11 bits per heavy atom. The Balaban J connectivity index is 1.55. The number of nitrogens with zero attached hydrogens (tertiary/aromatic N) is 3. The topological polar surface area (TPSA) is 103 Å². The molecule has 2 atom stereocenters. The number of halogens is 2. The second-order valence-electron chi connectivity index (χ2n) is 9.81. The second-order valence-corrected chi connectivity index (χ2v) is 12.1. The number of hydrogen-bond acceptors (Lipinski definition) is 8. The first-order chi connectivity index (χ1) is 17.6. The van der Waals surface area contributed by atoms with Crippen LogP contribution in [-0.4, -0.2) is 54.2 Å². The highest BCUT2D eigenvalue weighted by atomic mass is 32.2. The maximum Gasteiger partial charge on any atom is 0.219 e. The van der Waals surface area contributed by atoms with Crippen molar-refractivity contribution in [1.82, 2.24) is 15.0 Å². The van der Waals surface area contributed by atoms with Crippen molar-refractivity contribution >= 4 is 26.7 Å². The number of nitrogens with one attached hydrogen (secondary N) is 1. The van der Waals surface area contributed by atoms with E-state index in [9.17, 15) is 12.8 Å². The largest absolute Gasteiger partial charge is 0.469 e. The van der Waals surface area contributed by atoms with Gasteiger partial charge in [0.1, 0.15) is 39.6 Å². The van der Waals surface area contributed by atoms with Crippen LogP contribution in [0.2, 0.25) is 0 Å². The van der Waals surface area contributed by atoms with Crippen molar-refractivity contribution in [3.05, 3.63) is 52.6 Å². The summed E-state index contributed by atoms with van der Waals surface area (Å²) in [7, 11) is -3.05. The molecular formula is C26H30F2N4O4S. The predicted molar refractivity (Wildman–Crippen MR) is 136 cm³/mol. The molecule has 8 nitrogen and oxygen atoms in total. The van der Waals surface area contributed by atoms with Crippen molar-refractivity contribution in [2.24, 2.45) is 0 Å². The molecule has 5 rings (SSSR count). The van der Waals surface area contributed by atoms with Crippen molar-refractivity contribution in [1.29, 1.82) is 0 Å². The van der Waals surface area contributed by atoms with Gasteiger partial charge in [-0.15, -0.1) is 0 Å². The van der Waals surface area contributed by atoms with Crippen LogP contribution in [-0.2, 0) is 14.6 Å². The minimum absolute atomic E-state index is 0.00726. The van der Waals surface area contributed by atoms with E-state index in [4.69, 9.17) is 14.5 Å². The van der Waals surface area contributed by atoms with Gasteiger partial charge in [-0.1, -0.05) is 18.2 Å². The zero-order valence-corrected chi connectivity index (χ0v) is 21.8. The normalized spacial score (nSPS) is 19.8. The van der Waals surface area contributed by atoms with E-state index in [0.29, 0.717) is 60.2 Å². The summed E-state index contributed by atoms with van der Waals surface area (Å²) in [5.41, 5.74) is 1.54. The van der Waals surface area contributed by atoms with Crippen LogP contribution >= 0.6 is 0 Å². The van der Waals surface area contributed by atoms with E-state index in [2.05, 4.69) is 15.3 Å². The van der Waals surface area contributed by atoms with Crippen molar-refractivity contribution < 1.29 is 26.7 Å². The van der Waals surface area contributed by atoms with E-state index in [1.807, 2.05) is 6.07 Å². The molecule has 1 N–H and O–H groups in total. The molecule has 37 heavy (non-hydrogen) atoms. The molecule has 2 fully saturated rings. The zero-order valence-electron chi connectivity index (χ0n) is 21.0. The zero-order chi connectivity index (χ0) is 26.3. The SMILES string of the molecule is Cc1nc(N[C@H](C)c2cccc(C(C)F)c2F)c2cc(C3CCS(=O)(=O)CC3)c(OC3COC3)nc2n1. The van der Waals surface area contributed by atoms with Crippen LogP contribution in [0.15, 0.2) is 24.3 Å². The van der Waals surface area contributed by atoms with Gasteiger partial charge < -0.3 is 14.8 Å². The van der Waals surface area contributed by atoms with Crippen LogP contribution in [0.5, 0.6) is 5.88 Å². The van der Waals surface area contributed by atoms with E-state index in [1.54, 1.807) is 26.0 Å². The molecule has 0 bridgehead atoms. The van der Waals surface area contributed by atoms with Gasteiger partial charge in [0.2, 0.25) is 5.88 Å². The van der Waals surface area contributed by atoms with Gasteiger partial charge in [-0.3, -0.25) is 0 Å². The Hall–Kier alpha value is -2.92. The van der Waals surface area contributed by atoms with Gasteiger partial charge in [0.05, 0.1) is 36.1 Å². The van der Waals surface area contributed by atoms with Crippen LogP contribution in [0.3, 0.4) is 0 Å². The number of ether oxygens (including phenoxy) is 2. The summed E-state index contributed by atoms with van der Waals surface area (Å²) in [6, 6.07) is 6.08. The van der Waals surface area contributed by atoms with Crippen LogP contribution in [0, 0.1) is 12.7 Å². The molecule has 4 heterocycles. The van der Waals surface area contributed by atoms with E-state index >= 15 is 4.39 Å². The Morgan fingerprint density at radius 2 is 1.81 bits per heavy atom. The van der Waals surface area contributed by atoms with Gasteiger partial charge in [-0.2, -0.15) is 4.98 Å². The maximum absolute atomic E-state index is 15.1. The molecule has 2 aromatic heterocycles. The summed E-state index contributed by atoms with van der Waals surface area (Å²) < 4.78 is 64.4. The minimum Gasteiger partial charge on any atom is -0.469 e. The molecule has 0 amide bonds. The summed E-state index contributed by atoms with van der Waals surface area (Å²) in [6.45, 7) is 5.76. The van der Waals surface area contributed by atoms with Gasteiger partial charge in [-0.25, -0.2) is 27.2 Å². The van der Waals surface area contributed by atoms with E-state index in [-0.39, 0.29) is 29.1 Å². The molecule has 0 aliphatic carbocycles. The molecule has 2 aliphatic heterocycles. The average molecular weight is 533 g/mol. The molecular weight excluding hydrogens is 502 g/mol. The average Bonchev–Trinajstić information content (AvgIpc) is 2.81. The predicted octanol–water partition coefficient (Wildman–Crippen LogP) is 4.75. The standard InChI is InChI=1S/C26H30F2N4O4S/c1-14(27)19-5-4-6-20(23(19)28)15(2)29-24-22-11-21(17-7-9-37(33,34)10-8-17)26(36-18-12-35-13-18)32-25(22)31-16(3)30-24/h4-6,11,14-15,17-18H,7-10,12-13H2,1-3H3,(H,29,30,31,32)/t14?,15-/m1/s1. The highest BCUT2D eigenvalue weighted by Crippen LogP contribution is 2.38. The smallest absolute Gasteiger partial charge is 0.219 e. The summed E-state index contributed by atoms with van der Waals surface area (Å²) >= 11 is 0. The monoisotopic (exact) mass is 532 g/mol. The van der Waals surface area contributed by atoms with E-state index in [1.165, 1.54) is 13.0 Å². The lowest BCUT2D eigenvalue weighted by molar-refractivity contribution is -0.0816. The molecule has 0 spiro atoms. The summed E-state index contributed by atoms with van der Waals surface area (Å²) in [6.07, 6.45) is -0.610. The first-order valence-electron chi connectivity index (χ1n) is 12.4. The Morgan fingerprint density at radius 3 is 2.46 bits per heavy atom. The Labute approximate surface area is 214 Å². The van der Waals surface area contributed by atoms with Gasteiger partial charge in [0, 0.05) is 16.7 Å². The van der Waals surface area contributed by atoms with Gasteiger partial charge >= 0.3 is 0 Å². The fraction of sp³-hybridized carbons (Fsp3) is 0.500. The number of aryl methyl sites for hydroxylation is 1. The van der Waals surface area contributed by atoms with Crippen LogP contribution in [0.1, 0.15) is 67.3 Å². The molecule has 198 valence electrons. The van der Waals surface area contributed by atoms with Crippen molar-refractivity contribution in [2.45, 2.75) is 57.8 Å². The fourth-order valence-electron chi connectivity index (χ4n) is 4.79. The third-order valence-electron chi connectivity index (χ3n) is 6.98. The maximum atomic E-state index is 15.1. The first kappa shape index (κ1) is 25.7. The molecule has 0 radical (unpaired) electrons. The molecule has 3 aromatic rings. The quantitative estimate of drug-likeness (QED) is 0.465. The molecule has 11 heteroatoms. The molecule has 1 aromatic carbocycles. The number of anilines is 1. The van der Waals surface area contributed by atoms with Crippen molar-refractivity contribution in [3.8, 4) is 5.88 Å². The van der Waals surface area contributed by atoms with Gasteiger partial charge in [0.15, 0.2) is 5.65 Å². The second kappa shape index (κ2) is 10.1. The Kier molecular flexibility index (Phi) is 7.01. The van der Waals surface area contributed by atoms with Crippen molar-refractivity contribution in [2.75, 3.05) is 30.0 Å². The first-order valence-corrected chi connectivity index (χ1v) is 14.3. The summed E-state index contributed by atoms with van der Waals surface area (Å²) in [5.74, 6) is 0.932. The van der Waals surface area contributed by atoms with E-state index < -0.39 is 27.9 Å². The number of alkyl halides is 1. The van der Waals surface area contributed by atoms with Crippen LogP contribution in [0.4, 0.5) is 14.6 Å². The summed E-state index contributed by atoms with van der Waals surface area (Å²) in [4.78, 5) is 13.8. The highest BCUT2D eigenvalue weighted by molar-refractivity contribution is 7.91. The minimum atomic E-state index is -3.05. The molecule has 0 saturated carbocycles. The van der Waals surface area contributed by atoms with Gasteiger partial charge in [0.25, 0.3) is 0 Å². The molecule has 2 aliphatic rings. The van der Waals surface area contributed by atoms with Crippen molar-refractivity contribution in [3.63, 3.8) is 0 Å². The number of aromatic nitrogens is 3. The van der Waals surface area contributed by atoms with Gasteiger partial charge in [-0.05, 0) is 45.6 Å². The number of hydrogen-bond donors (Lipinski definition) is 1. The number of pyridine rings is 1. The number of sulfone groups is 1. The number of benzene rings is 1. The Bertz CT molecular complexity index is 1420.